The van der Waals surface area contributed by atoms with Crippen molar-refractivity contribution >= 4 is 29.3 Å². The fourth-order valence-electron chi connectivity index (χ4n) is 1.59. The van der Waals surface area contributed by atoms with Crippen molar-refractivity contribution < 1.29 is 14.7 Å². The Morgan fingerprint density at radius 3 is 2.57 bits per heavy atom. The van der Waals surface area contributed by atoms with Gasteiger partial charge in [0.05, 0.1) is 12.6 Å². The number of amides is 2. The third-order valence-electron chi connectivity index (χ3n) is 2.78. The predicted molar refractivity (Wildman–Crippen MR) is 85.5 cm³/mol. The topological polar surface area (TPSA) is 104 Å². The molecule has 0 fully saturated rings. The van der Waals surface area contributed by atoms with Crippen LogP contribution in [-0.4, -0.2) is 48.1 Å². The first-order chi connectivity index (χ1) is 10.1. The number of carbonyl (C=O) groups excluding carboxylic acids is 2. The molecule has 0 unspecified atom stereocenters. The molecule has 0 radical (unpaired) electrons. The van der Waals surface area contributed by atoms with Crippen LogP contribution in [0.3, 0.4) is 0 Å². The molecule has 0 saturated carbocycles. The Bertz CT molecular complexity index is 465. The van der Waals surface area contributed by atoms with E-state index in [0.717, 1.165) is 5.75 Å². The van der Waals surface area contributed by atoms with Crippen molar-refractivity contribution in [3.8, 4) is 0 Å². The number of nitrogens with two attached hydrogens (primary N) is 1. The lowest BCUT2D eigenvalue weighted by molar-refractivity contribution is -0.117. The molecule has 7 heteroatoms. The third-order valence-corrected chi connectivity index (χ3v) is 3.43. The summed E-state index contributed by atoms with van der Waals surface area (Å²) in [5.74, 6) is 0.332. The average Bonchev–Trinajstić information content (AvgIpc) is 2.50. The largest absolute Gasteiger partial charge is 0.395 e. The SMILES string of the molecule is CSCC[C@H](N)C(=O)Nc1ccc(C(=O)NCCO)cc1. The minimum Gasteiger partial charge on any atom is -0.395 e. The summed E-state index contributed by atoms with van der Waals surface area (Å²) in [7, 11) is 0. The molecule has 0 aromatic heterocycles. The van der Waals surface area contributed by atoms with Gasteiger partial charge in [-0.2, -0.15) is 11.8 Å². The number of nitrogens with one attached hydrogen (secondary N) is 2. The zero-order chi connectivity index (χ0) is 15.7. The van der Waals surface area contributed by atoms with Gasteiger partial charge in [0.2, 0.25) is 5.91 Å². The molecule has 116 valence electrons. The van der Waals surface area contributed by atoms with Crippen molar-refractivity contribution in [1.82, 2.24) is 5.32 Å². The maximum absolute atomic E-state index is 11.8. The minimum atomic E-state index is -0.537. The van der Waals surface area contributed by atoms with Crippen LogP contribution in [0.25, 0.3) is 0 Å². The Balaban J connectivity index is 2.54. The molecule has 1 atom stereocenters. The molecule has 0 spiro atoms. The van der Waals surface area contributed by atoms with Crippen molar-refractivity contribution in [2.75, 3.05) is 30.5 Å². The molecule has 2 amide bonds. The van der Waals surface area contributed by atoms with Crippen LogP contribution in [0.1, 0.15) is 16.8 Å². The second kappa shape index (κ2) is 9.38. The highest BCUT2D eigenvalue weighted by Crippen LogP contribution is 2.10. The lowest BCUT2D eigenvalue weighted by Gasteiger charge is -2.12. The molecular formula is C14H21N3O3S. The zero-order valence-corrected chi connectivity index (χ0v) is 12.8. The molecule has 0 heterocycles. The van der Waals surface area contributed by atoms with E-state index in [9.17, 15) is 9.59 Å². The minimum absolute atomic E-state index is 0.103. The monoisotopic (exact) mass is 311 g/mol. The molecule has 0 aliphatic carbocycles. The second-order valence-electron chi connectivity index (χ2n) is 4.43. The molecule has 0 aliphatic rings. The van der Waals surface area contributed by atoms with Gasteiger partial charge in [-0.3, -0.25) is 9.59 Å². The van der Waals surface area contributed by atoms with Gasteiger partial charge in [0.1, 0.15) is 0 Å². The zero-order valence-electron chi connectivity index (χ0n) is 12.0. The van der Waals surface area contributed by atoms with E-state index >= 15 is 0 Å². The Kier molecular flexibility index (Phi) is 7.81. The second-order valence-corrected chi connectivity index (χ2v) is 5.42. The number of hydrogen-bond donors (Lipinski definition) is 4. The molecule has 0 bridgehead atoms. The standard InChI is InChI=1S/C14H21N3O3S/c1-21-9-6-12(15)14(20)17-11-4-2-10(3-5-11)13(19)16-7-8-18/h2-5,12,18H,6-9,15H2,1H3,(H,16,19)(H,17,20)/t12-/m0/s1. The van der Waals surface area contributed by atoms with Crippen molar-refractivity contribution in [2.45, 2.75) is 12.5 Å². The molecule has 1 aromatic carbocycles. The van der Waals surface area contributed by atoms with Crippen LogP contribution in [0.5, 0.6) is 0 Å². The smallest absolute Gasteiger partial charge is 0.251 e. The first kappa shape index (κ1) is 17.5. The Hall–Kier alpha value is -1.57. The Morgan fingerprint density at radius 1 is 1.33 bits per heavy atom. The van der Waals surface area contributed by atoms with Gasteiger partial charge in [0, 0.05) is 17.8 Å². The molecule has 0 aliphatic heterocycles. The Morgan fingerprint density at radius 2 is 2.00 bits per heavy atom. The predicted octanol–water partition coefficient (Wildman–Crippen LogP) is 0.428. The number of aliphatic hydroxyl groups excluding tert-OH is 1. The van der Waals surface area contributed by atoms with E-state index in [0.29, 0.717) is 17.7 Å². The van der Waals surface area contributed by atoms with E-state index in [1.54, 1.807) is 36.0 Å². The number of benzene rings is 1. The van der Waals surface area contributed by atoms with Crippen molar-refractivity contribution in [2.24, 2.45) is 5.73 Å². The van der Waals surface area contributed by atoms with Crippen molar-refractivity contribution in [1.29, 1.82) is 0 Å². The molecule has 1 aromatic rings. The molecule has 5 N–H and O–H groups in total. The van der Waals surface area contributed by atoms with E-state index in [4.69, 9.17) is 10.8 Å². The highest BCUT2D eigenvalue weighted by Gasteiger charge is 2.13. The van der Waals surface area contributed by atoms with Crippen LogP contribution < -0.4 is 16.4 Å². The van der Waals surface area contributed by atoms with E-state index in [-0.39, 0.29) is 25.0 Å². The summed E-state index contributed by atoms with van der Waals surface area (Å²) >= 11 is 1.64. The van der Waals surface area contributed by atoms with Crippen LogP contribution in [0.15, 0.2) is 24.3 Å². The first-order valence-corrected chi connectivity index (χ1v) is 8.02. The van der Waals surface area contributed by atoms with E-state index in [1.165, 1.54) is 0 Å². The van der Waals surface area contributed by atoms with E-state index in [2.05, 4.69) is 10.6 Å². The molecule has 1 rings (SSSR count). The normalized spacial score (nSPS) is 11.8. The van der Waals surface area contributed by atoms with Gasteiger partial charge in [0.25, 0.3) is 5.91 Å². The maximum Gasteiger partial charge on any atom is 0.251 e. The molecule has 21 heavy (non-hydrogen) atoms. The number of carbonyl (C=O) groups is 2. The van der Waals surface area contributed by atoms with Gasteiger partial charge in [-0.25, -0.2) is 0 Å². The van der Waals surface area contributed by atoms with Gasteiger partial charge in [0.15, 0.2) is 0 Å². The van der Waals surface area contributed by atoms with Gasteiger partial charge < -0.3 is 21.5 Å². The van der Waals surface area contributed by atoms with Crippen LogP contribution in [0, 0.1) is 0 Å². The summed E-state index contributed by atoms with van der Waals surface area (Å²) in [5.41, 5.74) is 6.83. The average molecular weight is 311 g/mol. The maximum atomic E-state index is 11.8. The van der Waals surface area contributed by atoms with Crippen LogP contribution in [0.4, 0.5) is 5.69 Å². The van der Waals surface area contributed by atoms with E-state index in [1.807, 2.05) is 6.26 Å². The fourth-order valence-corrected chi connectivity index (χ4v) is 2.08. The molecule has 6 nitrogen and oxygen atoms in total. The number of aliphatic hydroxyl groups is 1. The number of hydrogen-bond acceptors (Lipinski definition) is 5. The summed E-state index contributed by atoms with van der Waals surface area (Å²) in [4.78, 5) is 23.5. The molecular weight excluding hydrogens is 290 g/mol. The van der Waals surface area contributed by atoms with E-state index < -0.39 is 6.04 Å². The van der Waals surface area contributed by atoms with Crippen LogP contribution in [-0.2, 0) is 4.79 Å². The van der Waals surface area contributed by atoms with Crippen LogP contribution >= 0.6 is 11.8 Å². The summed E-state index contributed by atoms with van der Waals surface area (Å²) in [6.07, 6.45) is 2.58. The lowest BCUT2D eigenvalue weighted by atomic mass is 10.1. The van der Waals surface area contributed by atoms with Gasteiger partial charge in [-0.05, 0) is 42.7 Å². The summed E-state index contributed by atoms with van der Waals surface area (Å²) in [6.45, 7) is 0.107. The molecule has 0 saturated heterocycles. The number of anilines is 1. The summed E-state index contributed by atoms with van der Waals surface area (Å²) in [6, 6.07) is 5.97. The van der Waals surface area contributed by atoms with Crippen molar-refractivity contribution in [3.63, 3.8) is 0 Å². The highest BCUT2D eigenvalue weighted by atomic mass is 32.2. The Labute approximate surface area is 128 Å². The van der Waals surface area contributed by atoms with Gasteiger partial charge in [-0.1, -0.05) is 0 Å². The highest BCUT2D eigenvalue weighted by molar-refractivity contribution is 7.98. The number of rotatable bonds is 8. The summed E-state index contributed by atoms with van der Waals surface area (Å²) < 4.78 is 0. The van der Waals surface area contributed by atoms with Gasteiger partial charge in [-0.15, -0.1) is 0 Å². The fraction of sp³-hybridized carbons (Fsp3) is 0.429. The first-order valence-electron chi connectivity index (χ1n) is 6.63. The lowest BCUT2D eigenvalue weighted by Crippen LogP contribution is -2.36. The number of thioether (sulfide) groups is 1. The summed E-state index contributed by atoms with van der Waals surface area (Å²) in [5, 5.41) is 13.9. The van der Waals surface area contributed by atoms with Gasteiger partial charge >= 0.3 is 0 Å². The van der Waals surface area contributed by atoms with Crippen LogP contribution in [0.2, 0.25) is 0 Å². The quantitative estimate of drug-likeness (QED) is 0.557. The third kappa shape index (κ3) is 6.16. The van der Waals surface area contributed by atoms with Crippen molar-refractivity contribution in [3.05, 3.63) is 29.8 Å².